The van der Waals surface area contributed by atoms with Crippen molar-refractivity contribution in [1.82, 2.24) is 10.6 Å². The zero-order chi connectivity index (χ0) is 14.9. The number of benzene rings is 1. The molecule has 0 aromatic heterocycles. The minimum absolute atomic E-state index is 0.0255. The molecule has 1 amide bonds. The van der Waals surface area contributed by atoms with E-state index in [1.165, 1.54) is 12.8 Å². The third-order valence-electron chi connectivity index (χ3n) is 3.93. The first kappa shape index (κ1) is 16.0. The molecule has 0 aliphatic carbocycles. The number of likely N-dealkylation sites (N-methyl/N-ethyl adjacent to an activating group) is 1. The first-order chi connectivity index (χ1) is 10.3. The van der Waals surface area contributed by atoms with Gasteiger partial charge in [0.2, 0.25) is 0 Å². The minimum Gasteiger partial charge on any atom is -0.378 e. The van der Waals surface area contributed by atoms with Gasteiger partial charge in [-0.15, -0.1) is 0 Å². The summed E-state index contributed by atoms with van der Waals surface area (Å²) in [6, 6.07) is 7.83. The SMILES string of the molecule is CNCCc1ccccc1C(=O)NCCC1CCCCO1. The van der Waals surface area contributed by atoms with Gasteiger partial charge in [0.05, 0.1) is 6.10 Å². The highest BCUT2D eigenvalue weighted by Gasteiger charge is 2.15. The van der Waals surface area contributed by atoms with Crippen LogP contribution in [-0.2, 0) is 11.2 Å². The van der Waals surface area contributed by atoms with Gasteiger partial charge in [-0.3, -0.25) is 4.79 Å². The summed E-state index contributed by atoms with van der Waals surface area (Å²) in [5, 5.41) is 6.14. The summed E-state index contributed by atoms with van der Waals surface area (Å²) >= 11 is 0. The van der Waals surface area contributed by atoms with Gasteiger partial charge >= 0.3 is 0 Å². The Kier molecular flexibility index (Phi) is 6.70. The quantitative estimate of drug-likeness (QED) is 0.809. The van der Waals surface area contributed by atoms with Crippen molar-refractivity contribution < 1.29 is 9.53 Å². The zero-order valence-corrected chi connectivity index (χ0v) is 12.9. The third-order valence-corrected chi connectivity index (χ3v) is 3.93. The fourth-order valence-electron chi connectivity index (χ4n) is 2.70. The normalized spacial score (nSPS) is 18.4. The number of rotatable bonds is 7. The highest BCUT2D eigenvalue weighted by molar-refractivity contribution is 5.95. The van der Waals surface area contributed by atoms with Gasteiger partial charge in [0.1, 0.15) is 0 Å². The summed E-state index contributed by atoms with van der Waals surface area (Å²) in [6.45, 7) is 2.43. The summed E-state index contributed by atoms with van der Waals surface area (Å²) in [6.07, 6.45) is 5.62. The fraction of sp³-hybridized carbons (Fsp3) is 0.588. The monoisotopic (exact) mass is 290 g/mol. The van der Waals surface area contributed by atoms with Gasteiger partial charge in [0.15, 0.2) is 0 Å². The summed E-state index contributed by atoms with van der Waals surface area (Å²) in [5.41, 5.74) is 1.88. The van der Waals surface area contributed by atoms with Gasteiger partial charge in [0, 0.05) is 18.7 Å². The molecular weight excluding hydrogens is 264 g/mol. The second-order valence-corrected chi connectivity index (χ2v) is 5.54. The van der Waals surface area contributed by atoms with E-state index in [1.807, 2.05) is 31.3 Å². The number of carbonyl (C=O) groups excluding carboxylic acids is 1. The lowest BCUT2D eigenvalue weighted by Crippen LogP contribution is -2.30. The summed E-state index contributed by atoms with van der Waals surface area (Å²) < 4.78 is 5.68. The van der Waals surface area contributed by atoms with E-state index in [9.17, 15) is 4.79 Å². The highest BCUT2D eigenvalue weighted by Crippen LogP contribution is 2.15. The average molecular weight is 290 g/mol. The van der Waals surface area contributed by atoms with E-state index in [4.69, 9.17) is 4.74 Å². The number of nitrogens with one attached hydrogen (secondary N) is 2. The number of hydrogen-bond donors (Lipinski definition) is 2. The van der Waals surface area contributed by atoms with Crippen molar-refractivity contribution >= 4 is 5.91 Å². The lowest BCUT2D eigenvalue weighted by molar-refractivity contribution is 0.0117. The van der Waals surface area contributed by atoms with Gasteiger partial charge in [-0.05, 0) is 57.3 Å². The molecule has 1 atom stereocenters. The molecule has 0 radical (unpaired) electrons. The second-order valence-electron chi connectivity index (χ2n) is 5.54. The van der Waals surface area contributed by atoms with Gasteiger partial charge in [0.25, 0.3) is 5.91 Å². The molecule has 1 heterocycles. The van der Waals surface area contributed by atoms with Crippen LogP contribution in [0.1, 0.15) is 41.6 Å². The van der Waals surface area contributed by atoms with Gasteiger partial charge in [-0.25, -0.2) is 0 Å². The van der Waals surface area contributed by atoms with E-state index in [0.29, 0.717) is 12.6 Å². The van der Waals surface area contributed by atoms with Crippen molar-refractivity contribution in [3.05, 3.63) is 35.4 Å². The molecule has 116 valence electrons. The van der Waals surface area contributed by atoms with Crippen LogP contribution in [0.5, 0.6) is 0 Å². The largest absolute Gasteiger partial charge is 0.378 e. The number of carbonyl (C=O) groups is 1. The molecule has 1 aromatic carbocycles. The standard InChI is InChI=1S/C17H26N2O2/c1-18-11-9-14-6-2-3-8-16(14)17(20)19-12-10-15-7-4-5-13-21-15/h2-3,6,8,15,18H,4-5,7,9-13H2,1H3,(H,19,20). The van der Waals surface area contributed by atoms with Gasteiger partial charge < -0.3 is 15.4 Å². The Morgan fingerprint density at radius 3 is 2.90 bits per heavy atom. The number of amides is 1. The molecule has 2 N–H and O–H groups in total. The molecule has 1 unspecified atom stereocenters. The lowest BCUT2D eigenvalue weighted by Gasteiger charge is -2.22. The summed E-state index contributed by atoms with van der Waals surface area (Å²) in [5.74, 6) is 0.0255. The summed E-state index contributed by atoms with van der Waals surface area (Å²) in [4.78, 5) is 12.3. The van der Waals surface area contributed by atoms with Crippen LogP contribution in [0.4, 0.5) is 0 Å². The fourth-order valence-corrected chi connectivity index (χ4v) is 2.70. The molecule has 0 spiro atoms. The predicted octanol–water partition coefficient (Wildman–Crippen LogP) is 2.14. The first-order valence-electron chi connectivity index (χ1n) is 7.93. The maximum Gasteiger partial charge on any atom is 0.251 e. The molecule has 1 saturated heterocycles. The lowest BCUT2D eigenvalue weighted by atomic mass is 10.0. The molecule has 1 aromatic rings. The topological polar surface area (TPSA) is 50.4 Å². The van der Waals surface area contributed by atoms with Crippen LogP contribution < -0.4 is 10.6 Å². The van der Waals surface area contributed by atoms with E-state index in [-0.39, 0.29) is 5.91 Å². The number of ether oxygens (including phenoxy) is 1. The first-order valence-corrected chi connectivity index (χ1v) is 7.93. The Bertz CT molecular complexity index is 442. The van der Waals surface area contributed by atoms with E-state index in [0.717, 1.165) is 43.5 Å². The van der Waals surface area contributed by atoms with Crippen LogP contribution in [0.2, 0.25) is 0 Å². The van der Waals surface area contributed by atoms with E-state index in [2.05, 4.69) is 10.6 Å². The molecule has 4 heteroatoms. The Labute approximate surface area is 127 Å². The van der Waals surface area contributed by atoms with Crippen LogP contribution in [0.15, 0.2) is 24.3 Å². The van der Waals surface area contributed by atoms with E-state index < -0.39 is 0 Å². The molecule has 4 nitrogen and oxygen atoms in total. The molecule has 21 heavy (non-hydrogen) atoms. The van der Waals surface area contributed by atoms with Crippen molar-refractivity contribution in [2.24, 2.45) is 0 Å². The molecule has 0 bridgehead atoms. The molecule has 1 aliphatic heterocycles. The molecule has 0 saturated carbocycles. The van der Waals surface area contributed by atoms with Crippen LogP contribution in [0, 0.1) is 0 Å². The van der Waals surface area contributed by atoms with Crippen LogP contribution in [0.25, 0.3) is 0 Å². The molecule has 1 aliphatic rings. The maximum atomic E-state index is 12.3. The van der Waals surface area contributed by atoms with Crippen LogP contribution >= 0.6 is 0 Å². The Morgan fingerprint density at radius 1 is 1.29 bits per heavy atom. The smallest absolute Gasteiger partial charge is 0.251 e. The third kappa shape index (κ3) is 5.14. The minimum atomic E-state index is 0.0255. The molecule has 1 fully saturated rings. The maximum absolute atomic E-state index is 12.3. The highest BCUT2D eigenvalue weighted by atomic mass is 16.5. The molecular formula is C17H26N2O2. The van der Waals surface area contributed by atoms with Crippen molar-refractivity contribution in [3.8, 4) is 0 Å². The van der Waals surface area contributed by atoms with Crippen molar-refractivity contribution in [3.63, 3.8) is 0 Å². The second kappa shape index (κ2) is 8.80. The van der Waals surface area contributed by atoms with Gasteiger partial charge in [-0.1, -0.05) is 18.2 Å². The Hall–Kier alpha value is -1.39. The van der Waals surface area contributed by atoms with Gasteiger partial charge in [-0.2, -0.15) is 0 Å². The van der Waals surface area contributed by atoms with Crippen LogP contribution in [0.3, 0.4) is 0 Å². The molecule has 2 rings (SSSR count). The average Bonchev–Trinajstić information content (AvgIpc) is 2.54. The predicted molar refractivity (Wildman–Crippen MR) is 84.6 cm³/mol. The Morgan fingerprint density at radius 2 is 2.14 bits per heavy atom. The van der Waals surface area contributed by atoms with Crippen molar-refractivity contribution in [2.45, 2.75) is 38.2 Å². The van der Waals surface area contributed by atoms with Crippen LogP contribution in [-0.4, -0.2) is 38.8 Å². The van der Waals surface area contributed by atoms with Crippen molar-refractivity contribution in [1.29, 1.82) is 0 Å². The van der Waals surface area contributed by atoms with E-state index >= 15 is 0 Å². The van der Waals surface area contributed by atoms with Crippen molar-refractivity contribution in [2.75, 3.05) is 26.7 Å². The zero-order valence-electron chi connectivity index (χ0n) is 12.9. The van der Waals surface area contributed by atoms with E-state index in [1.54, 1.807) is 0 Å². The Balaban J connectivity index is 1.82. The number of hydrogen-bond acceptors (Lipinski definition) is 3. The summed E-state index contributed by atoms with van der Waals surface area (Å²) in [7, 11) is 1.92.